The summed E-state index contributed by atoms with van der Waals surface area (Å²) in [7, 11) is 0. The fourth-order valence-corrected chi connectivity index (χ4v) is 6.38. The van der Waals surface area contributed by atoms with E-state index in [-0.39, 0.29) is 24.7 Å². The van der Waals surface area contributed by atoms with Gasteiger partial charge < -0.3 is 20.8 Å². The van der Waals surface area contributed by atoms with Crippen LogP contribution in [0.25, 0.3) is 0 Å². The van der Waals surface area contributed by atoms with Gasteiger partial charge in [-0.05, 0) is 62.0 Å². The van der Waals surface area contributed by atoms with E-state index in [0.29, 0.717) is 50.1 Å². The number of primary amides is 1. The van der Waals surface area contributed by atoms with Crippen molar-refractivity contribution in [3.63, 3.8) is 0 Å². The number of hydrogen-bond acceptors (Lipinski definition) is 5. The lowest BCUT2D eigenvalue weighted by Gasteiger charge is -2.41. The van der Waals surface area contributed by atoms with Gasteiger partial charge in [-0.2, -0.15) is 0 Å². The highest BCUT2D eigenvalue weighted by Gasteiger charge is 2.42. The van der Waals surface area contributed by atoms with Crippen LogP contribution >= 0.6 is 0 Å². The van der Waals surface area contributed by atoms with Crippen molar-refractivity contribution in [2.45, 2.75) is 81.4 Å². The highest BCUT2D eigenvalue weighted by Crippen LogP contribution is 2.43. The molecule has 0 radical (unpaired) electrons. The van der Waals surface area contributed by atoms with E-state index in [4.69, 9.17) is 5.73 Å². The molecule has 2 aliphatic heterocycles. The summed E-state index contributed by atoms with van der Waals surface area (Å²) in [5.41, 5.74) is 7.19. The van der Waals surface area contributed by atoms with Gasteiger partial charge in [-0.3, -0.25) is 14.5 Å². The van der Waals surface area contributed by atoms with E-state index in [0.717, 1.165) is 31.2 Å². The SMILES string of the molecule is NC(=O)c1ccccc1C1CC2CCC(C1)N2CCN(CC1CCC(F)(F)CC1)C(=O)[C@H](O)CO. The van der Waals surface area contributed by atoms with Crippen LogP contribution in [0.3, 0.4) is 0 Å². The Kier molecular flexibility index (Phi) is 8.08. The van der Waals surface area contributed by atoms with Crippen molar-refractivity contribution in [1.82, 2.24) is 9.80 Å². The van der Waals surface area contributed by atoms with Crippen LogP contribution < -0.4 is 5.73 Å². The van der Waals surface area contributed by atoms with Gasteiger partial charge >= 0.3 is 0 Å². The molecule has 3 aliphatic rings. The summed E-state index contributed by atoms with van der Waals surface area (Å²) < 4.78 is 27.2. The molecule has 2 unspecified atom stereocenters. The van der Waals surface area contributed by atoms with Gasteiger partial charge in [-0.25, -0.2) is 8.78 Å². The Morgan fingerprint density at radius 3 is 2.34 bits per heavy atom. The number of aliphatic hydroxyl groups excluding tert-OH is 2. The number of nitrogens with two attached hydrogens (primary N) is 1. The molecule has 1 aliphatic carbocycles. The summed E-state index contributed by atoms with van der Waals surface area (Å²) in [6, 6.07) is 8.19. The predicted octanol–water partition coefficient (Wildman–Crippen LogP) is 2.50. The van der Waals surface area contributed by atoms with Gasteiger partial charge in [0.25, 0.3) is 5.91 Å². The molecule has 3 atom stereocenters. The number of halogens is 2. The van der Waals surface area contributed by atoms with Gasteiger partial charge in [0.2, 0.25) is 11.8 Å². The minimum absolute atomic E-state index is 0.0303. The normalized spacial score (nSPS) is 27.5. The molecule has 2 amide bonds. The van der Waals surface area contributed by atoms with Crippen molar-refractivity contribution < 1.29 is 28.6 Å². The summed E-state index contributed by atoms with van der Waals surface area (Å²) in [4.78, 5) is 28.7. The highest BCUT2D eigenvalue weighted by molar-refractivity contribution is 5.94. The second kappa shape index (κ2) is 10.9. The van der Waals surface area contributed by atoms with E-state index in [1.165, 1.54) is 0 Å². The van der Waals surface area contributed by atoms with Crippen LogP contribution in [0.5, 0.6) is 0 Å². The summed E-state index contributed by atoms with van der Waals surface area (Å²) in [5, 5.41) is 19.3. The molecule has 2 heterocycles. The summed E-state index contributed by atoms with van der Waals surface area (Å²) in [6.45, 7) is 0.683. The number of rotatable bonds is 9. The second-order valence-electron chi connectivity index (χ2n) is 10.5. The van der Waals surface area contributed by atoms with E-state index < -0.39 is 30.4 Å². The third-order valence-corrected chi connectivity index (χ3v) is 8.26. The monoisotopic (exact) mass is 493 g/mol. The average Bonchev–Trinajstić information content (AvgIpc) is 3.08. The fraction of sp³-hybridized carbons (Fsp3) is 0.692. The van der Waals surface area contributed by atoms with Gasteiger partial charge in [0.1, 0.15) is 0 Å². The van der Waals surface area contributed by atoms with Crippen LogP contribution in [0.15, 0.2) is 24.3 Å². The Balaban J connectivity index is 1.39. The Labute approximate surface area is 205 Å². The molecule has 1 aromatic rings. The lowest BCUT2D eigenvalue weighted by molar-refractivity contribution is -0.143. The van der Waals surface area contributed by atoms with Crippen LogP contribution in [-0.4, -0.2) is 82.2 Å². The van der Waals surface area contributed by atoms with E-state index >= 15 is 0 Å². The van der Waals surface area contributed by atoms with Crippen LogP contribution in [0.1, 0.15) is 73.2 Å². The molecule has 194 valence electrons. The van der Waals surface area contributed by atoms with Gasteiger partial charge in [-0.1, -0.05) is 18.2 Å². The molecule has 2 saturated heterocycles. The zero-order chi connectivity index (χ0) is 25.2. The number of amides is 2. The van der Waals surface area contributed by atoms with Crippen LogP contribution in [0.4, 0.5) is 8.78 Å². The van der Waals surface area contributed by atoms with Gasteiger partial charge in [0.15, 0.2) is 6.10 Å². The van der Waals surface area contributed by atoms with Crippen molar-refractivity contribution in [2.24, 2.45) is 11.7 Å². The minimum Gasteiger partial charge on any atom is -0.393 e. The molecule has 0 aromatic heterocycles. The third kappa shape index (κ3) is 6.01. The van der Waals surface area contributed by atoms with Crippen LogP contribution in [0.2, 0.25) is 0 Å². The molecular weight excluding hydrogens is 456 g/mol. The van der Waals surface area contributed by atoms with Gasteiger partial charge in [0, 0.05) is 50.1 Å². The van der Waals surface area contributed by atoms with E-state index in [1.807, 2.05) is 18.2 Å². The number of nitrogens with zero attached hydrogens (tertiary/aromatic N) is 2. The van der Waals surface area contributed by atoms with Crippen LogP contribution in [-0.2, 0) is 4.79 Å². The van der Waals surface area contributed by atoms with Gasteiger partial charge in [-0.15, -0.1) is 0 Å². The van der Waals surface area contributed by atoms with Crippen molar-refractivity contribution >= 4 is 11.8 Å². The maximum absolute atomic E-state index is 13.6. The molecule has 0 spiro atoms. The second-order valence-corrected chi connectivity index (χ2v) is 10.5. The lowest BCUT2D eigenvalue weighted by Crippen LogP contribution is -2.50. The number of alkyl halides is 2. The Bertz CT molecular complexity index is 890. The molecule has 4 rings (SSSR count). The first-order valence-corrected chi connectivity index (χ1v) is 12.8. The quantitative estimate of drug-likeness (QED) is 0.490. The number of carbonyl (C=O) groups excluding carboxylic acids is 2. The molecule has 1 saturated carbocycles. The molecule has 1 aromatic carbocycles. The third-order valence-electron chi connectivity index (χ3n) is 8.26. The zero-order valence-corrected chi connectivity index (χ0v) is 20.1. The summed E-state index contributed by atoms with van der Waals surface area (Å²) in [5.74, 6) is -3.36. The Hall–Kier alpha value is -2.10. The number of aliphatic hydroxyl groups is 2. The molecule has 9 heteroatoms. The number of piperidine rings is 1. The van der Waals surface area contributed by atoms with Crippen molar-refractivity contribution in [3.8, 4) is 0 Å². The number of benzene rings is 1. The van der Waals surface area contributed by atoms with E-state index in [1.54, 1.807) is 11.0 Å². The van der Waals surface area contributed by atoms with Crippen molar-refractivity contribution in [3.05, 3.63) is 35.4 Å². The standard InChI is InChI=1S/C26H37F2N3O4/c27-26(28)9-7-17(8-10-26)15-30(25(35)23(33)16-32)11-12-31-19-5-6-20(31)14-18(13-19)21-3-1-2-4-22(21)24(29)34/h1-4,17-20,23,32-33H,5-16H2,(H2,29,34)/t18?,19?,20?,23-/m1/s1. The molecule has 7 nitrogen and oxygen atoms in total. The summed E-state index contributed by atoms with van der Waals surface area (Å²) in [6.07, 6.45) is 2.77. The van der Waals surface area contributed by atoms with Crippen molar-refractivity contribution in [2.75, 3.05) is 26.2 Å². The number of fused-ring (bicyclic) bond motifs is 2. The number of hydrogen-bond donors (Lipinski definition) is 3. The Morgan fingerprint density at radius 2 is 1.74 bits per heavy atom. The molecule has 4 N–H and O–H groups in total. The topological polar surface area (TPSA) is 107 Å². The first-order chi connectivity index (χ1) is 16.7. The molecular formula is C26H37F2N3O4. The maximum atomic E-state index is 13.6. The molecule has 3 fully saturated rings. The summed E-state index contributed by atoms with van der Waals surface area (Å²) >= 11 is 0. The average molecular weight is 494 g/mol. The first-order valence-electron chi connectivity index (χ1n) is 12.8. The smallest absolute Gasteiger partial charge is 0.253 e. The van der Waals surface area contributed by atoms with E-state index in [9.17, 15) is 28.6 Å². The lowest BCUT2D eigenvalue weighted by atomic mass is 9.82. The number of carbonyl (C=O) groups is 2. The van der Waals surface area contributed by atoms with E-state index in [2.05, 4.69) is 4.90 Å². The zero-order valence-electron chi connectivity index (χ0n) is 20.1. The largest absolute Gasteiger partial charge is 0.393 e. The Morgan fingerprint density at radius 1 is 1.11 bits per heavy atom. The first kappa shape index (κ1) is 26.0. The van der Waals surface area contributed by atoms with Crippen LogP contribution in [0, 0.1) is 5.92 Å². The minimum atomic E-state index is -2.63. The van der Waals surface area contributed by atoms with Gasteiger partial charge in [0.05, 0.1) is 6.61 Å². The predicted molar refractivity (Wildman–Crippen MR) is 127 cm³/mol. The molecule has 35 heavy (non-hydrogen) atoms. The molecule has 2 bridgehead atoms. The highest BCUT2D eigenvalue weighted by atomic mass is 19.3. The van der Waals surface area contributed by atoms with Crippen molar-refractivity contribution in [1.29, 1.82) is 0 Å². The maximum Gasteiger partial charge on any atom is 0.253 e. The fourth-order valence-electron chi connectivity index (χ4n) is 6.38.